The molecule has 1 aromatic heterocycles. The van der Waals surface area contributed by atoms with E-state index in [1.807, 2.05) is 37.3 Å². The molecule has 0 radical (unpaired) electrons. The summed E-state index contributed by atoms with van der Waals surface area (Å²) in [5.41, 5.74) is 5.14. The molecule has 1 heterocycles. The zero-order valence-corrected chi connectivity index (χ0v) is 15.4. The summed E-state index contributed by atoms with van der Waals surface area (Å²) in [6.07, 6.45) is 0. The molecule has 4 rings (SSSR count). The van der Waals surface area contributed by atoms with E-state index in [1.165, 1.54) is 12.1 Å². The number of carbonyl (C=O) groups is 1. The third-order valence-electron chi connectivity index (χ3n) is 4.56. The number of rotatable bonds is 5. The summed E-state index contributed by atoms with van der Waals surface area (Å²) in [5.74, 6) is -0.426. The predicted octanol–water partition coefficient (Wildman–Crippen LogP) is 3.86. The van der Waals surface area contributed by atoms with E-state index in [0.717, 1.165) is 22.2 Å². The molecule has 1 amide bonds. The first-order chi connectivity index (χ1) is 13.6. The van der Waals surface area contributed by atoms with Crippen molar-refractivity contribution in [2.45, 2.75) is 20.0 Å². The Morgan fingerprint density at radius 3 is 2.64 bits per heavy atom. The molecule has 0 atom stereocenters. The van der Waals surface area contributed by atoms with E-state index in [4.69, 9.17) is 0 Å². The van der Waals surface area contributed by atoms with E-state index >= 15 is 0 Å². The van der Waals surface area contributed by atoms with Crippen molar-refractivity contribution in [3.63, 3.8) is 0 Å². The summed E-state index contributed by atoms with van der Waals surface area (Å²) in [6, 6.07) is 19.6. The topological polar surface area (TPSA) is 59.8 Å². The molecule has 0 saturated carbocycles. The predicted molar refractivity (Wildman–Crippen MR) is 105 cm³/mol. The number of benzene rings is 3. The third kappa shape index (κ3) is 3.91. The number of aryl methyl sites for hydroxylation is 1. The van der Waals surface area contributed by atoms with Crippen LogP contribution in [-0.2, 0) is 13.1 Å². The Hall–Kier alpha value is -3.54. The second kappa shape index (κ2) is 7.60. The van der Waals surface area contributed by atoms with Gasteiger partial charge in [-0.05, 0) is 48.4 Å². The molecular formula is C22H19FN4O. The fourth-order valence-corrected chi connectivity index (χ4v) is 3.10. The van der Waals surface area contributed by atoms with Gasteiger partial charge in [0.1, 0.15) is 11.3 Å². The van der Waals surface area contributed by atoms with Crippen LogP contribution in [-0.4, -0.2) is 20.9 Å². The highest BCUT2D eigenvalue weighted by atomic mass is 19.1. The van der Waals surface area contributed by atoms with Gasteiger partial charge in [0.2, 0.25) is 0 Å². The number of fused-ring (bicyclic) bond motifs is 1. The minimum atomic E-state index is -0.270. The second-order valence-electron chi connectivity index (χ2n) is 6.75. The number of hydrogen-bond acceptors (Lipinski definition) is 3. The van der Waals surface area contributed by atoms with Crippen LogP contribution in [0.1, 0.15) is 27.0 Å². The van der Waals surface area contributed by atoms with Crippen LogP contribution >= 0.6 is 0 Å². The molecule has 0 bridgehead atoms. The molecule has 5 nitrogen and oxygen atoms in total. The van der Waals surface area contributed by atoms with Crippen LogP contribution in [0, 0.1) is 12.7 Å². The highest BCUT2D eigenvalue weighted by molar-refractivity contribution is 5.97. The smallest absolute Gasteiger partial charge is 0.251 e. The monoisotopic (exact) mass is 374 g/mol. The number of nitrogens with one attached hydrogen (secondary N) is 1. The van der Waals surface area contributed by atoms with Crippen LogP contribution in [0.5, 0.6) is 0 Å². The van der Waals surface area contributed by atoms with Crippen molar-refractivity contribution >= 4 is 16.9 Å². The Morgan fingerprint density at radius 2 is 1.86 bits per heavy atom. The second-order valence-corrected chi connectivity index (χ2v) is 6.75. The zero-order valence-electron chi connectivity index (χ0n) is 15.4. The SMILES string of the molecule is Cc1cccc(CNC(=O)c2ccc3c(c2)nnn3Cc2ccc(F)cc2)c1. The molecular weight excluding hydrogens is 355 g/mol. The average molecular weight is 374 g/mol. The third-order valence-corrected chi connectivity index (χ3v) is 4.56. The standard InChI is InChI=1S/C22H19FN4O/c1-15-3-2-4-17(11-15)13-24-22(28)18-7-10-21-20(12-18)25-26-27(21)14-16-5-8-19(23)9-6-16/h2-12H,13-14H2,1H3,(H,24,28). The van der Waals surface area contributed by atoms with Crippen molar-refractivity contribution in [2.75, 3.05) is 0 Å². The number of halogens is 1. The van der Waals surface area contributed by atoms with Crippen LogP contribution in [0.25, 0.3) is 11.0 Å². The van der Waals surface area contributed by atoms with E-state index in [1.54, 1.807) is 28.9 Å². The van der Waals surface area contributed by atoms with E-state index < -0.39 is 0 Å². The van der Waals surface area contributed by atoms with Crippen molar-refractivity contribution < 1.29 is 9.18 Å². The molecule has 0 aliphatic heterocycles. The lowest BCUT2D eigenvalue weighted by Gasteiger charge is -2.07. The van der Waals surface area contributed by atoms with Crippen molar-refractivity contribution in [1.82, 2.24) is 20.3 Å². The number of nitrogens with zero attached hydrogens (tertiary/aromatic N) is 3. The lowest BCUT2D eigenvalue weighted by atomic mass is 10.1. The molecule has 0 spiro atoms. The Balaban J connectivity index is 1.48. The number of amides is 1. The quantitative estimate of drug-likeness (QED) is 0.577. The van der Waals surface area contributed by atoms with Crippen LogP contribution in [0.4, 0.5) is 4.39 Å². The summed E-state index contributed by atoms with van der Waals surface area (Å²) < 4.78 is 14.8. The minimum Gasteiger partial charge on any atom is -0.348 e. The van der Waals surface area contributed by atoms with E-state index in [2.05, 4.69) is 15.6 Å². The summed E-state index contributed by atoms with van der Waals surface area (Å²) in [5, 5.41) is 11.3. The van der Waals surface area contributed by atoms with Crippen LogP contribution in [0.2, 0.25) is 0 Å². The Morgan fingerprint density at radius 1 is 1.04 bits per heavy atom. The van der Waals surface area contributed by atoms with Crippen LogP contribution in [0.3, 0.4) is 0 Å². The highest BCUT2D eigenvalue weighted by Gasteiger charge is 2.11. The van der Waals surface area contributed by atoms with Crippen molar-refractivity contribution in [3.8, 4) is 0 Å². The lowest BCUT2D eigenvalue weighted by Crippen LogP contribution is -2.22. The summed E-state index contributed by atoms with van der Waals surface area (Å²) >= 11 is 0. The molecule has 0 aliphatic carbocycles. The van der Waals surface area contributed by atoms with Crippen LogP contribution < -0.4 is 5.32 Å². The lowest BCUT2D eigenvalue weighted by molar-refractivity contribution is 0.0951. The highest BCUT2D eigenvalue weighted by Crippen LogP contribution is 2.16. The van der Waals surface area contributed by atoms with Gasteiger partial charge in [-0.2, -0.15) is 0 Å². The van der Waals surface area contributed by atoms with Gasteiger partial charge in [-0.3, -0.25) is 4.79 Å². The minimum absolute atomic E-state index is 0.156. The van der Waals surface area contributed by atoms with Crippen molar-refractivity contribution in [2.24, 2.45) is 0 Å². The molecule has 0 saturated heterocycles. The normalized spacial score (nSPS) is 10.9. The molecule has 1 N–H and O–H groups in total. The fourth-order valence-electron chi connectivity index (χ4n) is 3.10. The van der Waals surface area contributed by atoms with E-state index in [-0.39, 0.29) is 11.7 Å². The largest absolute Gasteiger partial charge is 0.348 e. The van der Waals surface area contributed by atoms with E-state index in [9.17, 15) is 9.18 Å². The Kier molecular flexibility index (Phi) is 4.85. The average Bonchev–Trinajstić information content (AvgIpc) is 3.10. The van der Waals surface area contributed by atoms with Gasteiger partial charge in [-0.15, -0.1) is 5.10 Å². The van der Waals surface area contributed by atoms with Gasteiger partial charge in [-0.1, -0.05) is 47.2 Å². The maximum absolute atomic E-state index is 13.1. The van der Waals surface area contributed by atoms with Gasteiger partial charge < -0.3 is 5.32 Å². The first-order valence-electron chi connectivity index (χ1n) is 9.00. The summed E-state index contributed by atoms with van der Waals surface area (Å²) in [4.78, 5) is 12.5. The summed E-state index contributed by atoms with van der Waals surface area (Å²) in [7, 11) is 0. The Labute approximate surface area is 161 Å². The number of hydrogen-bond donors (Lipinski definition) is 1. The van der Waals surface area contributed by atoms with Crippen molar-refractivity contribution in [3.05, 3.63) is 94.8 Å². The zero-order chi connectivity index (χ0) is 19.5. The van der Waals surface area contributed by atoms with Gasteiger partial charge in [0, 0.05) is 12.1 Å². The first-order valence-corrected chi connectivity index (χ1v) is 9.00. The maximum Gasteiger partial charge on any atom is 0.251 e. The Bertz CT molecular complexity index is 1130. The molecule has 140 valence electrons. The maximum atomic E-state index is 13.1. The van der Waals surface area contributed by atoms with Gasteiger partial charge in [0.15, 0.2) is 0 Å². The van der Waals surface area contributed by atoms with Crippen molar-refractivity contribution in [1.29, 1.82) is 0 Å². The van der Waals surface area contributed by atoms with Gasteiger partial charge in [-0.25, -0.2) is 9.07 Å². The first kappa shape index (κ1) is 17.9. The summed E-state index contributed by atoms with van der Waals surface area (Å²) in [6.45, 7) is 2.97. The van der Waals surface area contributed by atoms with Gasteiger partial charge in [0.25, 0.3) is 5.91 Å². The molecule has 6 heteroatoms. The number of carbonyl (C=O) groups excluding carboxylic acids is 1. The molecule has 0 fully saturated rings. The molecule has 4 aromatic rings. The van der Waals surface area contributed by atoms with Gasteiger partial charge in [0.05, 0.1) is 12.1 Å². The van der Waals surface area contributed by atoms with Crippen LogP contribution in [0.15, 0.2) is 66.7 Å². The van der Waals surface area contributed by atoms with E-state index in [0.29, 0.717) is 24.2 Å². The molecule has 0 unspecified atom stereocenters. The number of aromatic nitrogens is 3. The molecule has 3 aromatic carbocycles. The van der Waals surface area contributed by atoms with Gasteiger partial charge >= 0.3 is 0 Å². The fraction of sp³-hybridized carbons (Fsp3) is 0.136. The molecule has 28 heavy (non-hydrogen) atoms. The molecule has 0 aliphatic rings.